The fraction of sp³-hybridized carbons (Fsp3) is 0.462. The molecular weight excluding hydrogens is 312 g/mol. The van der Waals surface area contributed by atoms with Crippen molar-refractivity contribution in [1.82, 2.24) is 10.6 Å². The van der Waals surface area contributed by atoms with E-state index in [2.05, 4.69) is 26.6 Å². The van der Waals surface area contributed by atoms with Gasteiger partial charge in [-0.25, -0.2) is 0 Å². The molecule has 0 saturated carbocycles. The summed E-state index contributed by atoms with van der Waals surface area (Å²) in [5.41, 5.74) is 1.13. The van der Waals surface area contributed by atoms with Crippen LogP contribution in [-0.4, -0.2) is 25.3 Å². The molecule has 1 saturated heterocycles. The van der Waals surface area contributed by atoms with E-state index in [-0.39, 0.29) is 12.7 Å². The van der Waals surface area contributed by atoms with E-state index in [4.69, 9.17) is 9.47 Å². The quantitative estimate of drug-likeness (QED) is 0.884. The van der Waals surface area contributed by atoms with E-state index in [1.165, 1.54) is 0 Å². The molecule has 102 valence electrons. The van der Waals surface area contributed by atoms with Gasteiger partial charge in [-0.3, -0.25) is 4.79 Å². The molecule has 2 aliphatic heterocycles. The first-order chi connectivity index (χ1) is 9.22. The molecule has 1 amide bonds. The van der Waals surface area contributed by atoms with Gasteiger partial charge in [-0.2, -0.15) is 0 Å². The number of carbonyl (C=O) groups excluding carboxylic acids is 1. The van der Waals surface area contributed by atoms with Gasteiger partial charge in [0.25, 0.3) is 0 Å². The van der Waals surface area contributed by atoms with Gasteiger partial charge in [0.1, 0.15) is 0 Å². The third kappa shape index (κ3) is 2.84. The standard InChI is InChI=1S/C13H15BrN2O3/c14-10-3-8(4-11-13(10)19-7-18-11)5-15-9-1-2-12(17)16-6-9/h3-4,9,15H,1-2,5-7H2,(H,16,17). The molecule has 1 fully saturated rings. The number of nitrogens with one attached hydrogen (secondary N) is 2. The van der Waals surface area contributed by atoms with Crippen molar-refractivity contribution in [2.24, 2.45) is 0 Å². The summed E-state index contributed by atoms with van der Waals surface area (Å²) in [5.74, 6) is 1.70. The van der Waals surface area contributed by atoms with Crippen molar-refractivity contribution in [3.63, 3.8) is 0 Å². The summed E-state index contributed by atoms with van der Waals surface area (Å²) in [5, 5.41) is 6.31. The van der Waals surface area contributed by atoms with Crippen molar-refractivity contribution in [2.75, 3.05) is 13.3 Å². The van der Waals surface area contributed by atoms with Crippen LogP contribution in [0.1, 0.15) is 18.4 Å². The fourth-order valence-electron chi connectivity index (χ4n) is 2.29. The number of carbonyl (C=O) groups is 1. The summed E-state index contributed by atoms with van der Waals surface area (Å²) in [6.45, 7) is 1.72. The van der Waals surface area contributed by atoms with Gasteiger partial charge in [0, 0.05) is 25.6 Å². The van der Waals surface area contributed by atoms with E-state index < -0.39 is 0 Å². The zero-order valence-electron chi connectivity index (χ0n) is 10.4. The smallest absolute Gasteiger partial charge is 0.231 e. The first kappa shape index (κ1) is 12.7. The average molecular weight is 327 g/mol. The van der Waals surface area contributed by atoms with E-state index in [0.717, 1.165) is 34.5 Å². The number of hydrogen-bond donors (Lipinski definition) is 2. The lowest BCUT2D eigenvalue weighted by Crippen LogP contribution is -2.45. The Balaban J connectivity index is 1.61. The van der Waals surface area contributed by atoms with Crippen LogP contribution in [0.5, 0.6) is 11.5 Å². The Morgan fingerprint density at radius 3 is 3.11 bits per heavy atom. The molecule has 5 nitrogen and oxygen atoms in total. The zero-order chi connectivity index (χ0) is 13.2. The lowest BCUT2D eigenvalue weighted by molar-refractivity contribution is -0.122. The molecule has 0 aliphatic carbocycles. The maximum Gasteiger partial charge on any atom is 0.231 e. The van der Waals surface area contributed by atoms with Gasteiger partial charge in [0.15, 0.2) is 11.5 Å². The first-order valence-electron chi connectivity index (χ1n) is 6.30. The molecule has 0 bridgehead atoms. The van der Waals surface area contributed by atoms with Crippen LogP contribution in [-0.2, 0) is 11.3 Å². The normalized spacial score (nSPS) is 21.3. The van der Waals surface area contributed by atoms with Crippen molar-refractivity contribution in [1.29, 1.82) is 0 Å². The van der Waals surface area contributed by atoms with Crippen molar-refractivity contribution >= 4 is 21.8 Å². The van der Waals surface area contributed by atoms with Gasteiger partial charge in [-0.1, -0.05) is 0 Å². The SMILES string of the molecule is O=C1CCC(NCc2cc(Br)c3c(c2)OCO3)CN1. The van der Waals surface area contributed by atoms with Crippen LogP contribution in [0.15, 0.2) is 16.6 Å². The zero-order valence-corrected chi connectivity index (χ0v) is 12.0. The first-order valence-corrected chi connectivity index (χ1v) is 7.10. The molecule has 2 aliphatic rings. The summed E-state index contributed by atoms with van der Waals surface area (Å²) in [7, 11) is 0. The highest BCUT2D eigenvalue weighted by Gasteiger charge is 2.20. The van der Waals surface area contributed by atoms with Gasteiger partial charge in [-0.05, 0) is 40.0 Å². The van der Waals surface area contributed by atoms with E-state index in [1.54, 1.807) is 0 Å². The number of rotatable bonds is 3. The van der Waals surface area contributed by atoms with Crippen LogP contribution in [0.3, 0.4) is 0 Å². The van der Waals surface area contributed by atoms with E-state index in [1.807, 2.05) is 12.1 Å². The van der Waals surface area contributed by atoms with Gasteiger partial charge in [0.2, 0.25) is 12.7 Å². The third-order valence-electron chi connectivity index (χ3n) is 3.35. The Kier molecular flexibility index (Phi) is 3.61. The molecule has 1 unspecified atom stereocenters. The Hall–Kier alpha value is -1.27. The summed E-state index contributed by atoms with van der Waals surface area (Å²) < 4.78 is 11.7. The predicted molar refractivity (Wildman–Crippen MR) is 73.1 cm³/mol. The number of amides is 1. The lowest BCUT2D eigenvalue weighted by Gasteiger charge is -2.23. The van der Waals surface area contributed by atoms with Gasteiger partial charge in [-0.15, -0.1) is 0 Å². The van der Waals surface area contributed by atoms with Crippen LogP contribution in [0.25, 0.3) is 0 Å². The number of hydrogen-bond acceptors (Lipinski definition) is 4. The minimum atomic E-state index is 0.142. The Morgan fingerprint density at radius 2 is 2.32 bits per heavy atom. The van der Waals surface area contributed by atoms with Crippen LogP contribution < -0.4 is 20.1 Å². The van der Waals surface area contributed by atoms with Crippen LogP contribution in [0.4, 0.5) is 0 Å². The molecular formula is C13H15BrN2O3. The maximum atomic E-state index is 11.1. The highest BCUT2D eigenvalue weighted by molar-refractivity contribution is 9.10. The number of ether oxygens (including phenoxy) is 2. The molecule has 1 atom stereocenters. The molecule has 2 heterocycles. The molecule has 0 aromatic heterocycles. The van der Waals surface area contributed by atoms with Crippen molar-refractivity contribution < 1.29 is 14.3 Å². The fourth-order valence-corrected chi connectivity index (χ4v) is 2.90. The van der Waals surface area contributed by atoms with E-state index in [0.29, 0.717) is 19.0 Å². The number of fused-ring (bicyclic) bond motifs is 1. The second-order valence-corrected chi connectivity index (χ2v) is 5.59. The minimum absolute atomic E-state index is 0.142. The Morgan fingerprint density at radius 1 is 1.42 bits per heavy atom. The van der Waals surface area contributed by atoms with Crippen LogP contribution >= 0.6 is 15.9 Å². The van der Waals surface area contributed by atoms with Crippen LogP contribution in [0.2, 0.25) is 0 Å². The Labute approximate surface area is 119 Å². The summed E-state index contributed by atoms with van der Waals surface area (Å²) in [6, 6.07) is 4.35. The highest BCUT2D eigenvalue weighted by atomic mass is 79.9. The molecule has 0 radical (unpaired) electrons. The molecule has 1 aromatic carbocycles. The minimum Gasteiger partial charge on any atom is -0.454 e. The van der Waals surface area contributed by atoms with E-state index >= 15 is 0 Å². The van der Waals surface area contributed by atoms with E-state index in [9.17, 15) is 4.79 Å². The van der Waals surface area contributed by atoms with Crippen LogP contribution in [0, 0.1) is 0 Å². The molecule has 6 heteroatoms. The molecule has 1 aromatic rings. The predicted octanol–water partition coefficient (Wildman–Crippen LogP) is 1.55. The average Bonchev–Trinajstić information content (AvgIpc) is 2.87. The van der Waals surface area contributed by atoms with Gasteiger partial charge >= 0.3 is 0 Å². The largest absolute Gasteiger partial charge is 0.454 e. The summed E-state index contributed by atoms with van der Waals surface area (Å²) in [6.07, 6.45) is 1.49. The monoisotopic (exact) mass is 326 g/mol. The van der Waals surface area contributed by atoms with Crippen molar-refractivity contribution in [2.45, 2.75) is 25.4 Å². The third-order valence-corrected chi connectivity index (χ3v) is 3.94. The highest BCUT2D eigenvalue weighted by Crippen LogP contribution is 2.39. The molecule has 0 spiro atoms. The lowest BCUT2D eigenvalue weighted by atomic mass is 10.1. The Bertz CT molecular complexity index is 497. The molecule has 19 heavy (non-hydrogen) atoms. The summed E-state index contributed by atoms with van der Waals surface area (Å²) in [4.78, 5) is 11.1. The van der Waals surface area contributed by atoms with Crippen molar-refractivity contribution in [3.8, 4) is 11.5 Å². The number of piperidine rings is 1. The number of halogens is 1. The van der Waals surface area contributed by atoms with Gasteiger partial charge in [0.05, 0.1) is 4.47 Å². The molecule has 2 N–H and O–H groups in total. The van der Waals surface area contributed by atoms with Crippen molar-refractivity contribution in [3.05, 3.63) is 22.2 Å². The molecule has 3 rings (SSSR count). The second kappa shape index (κ2) is 5.38. The second-order valence-electron chi connectivity index (χ2n) is 4.73. The summed E-state index contributed by atoms with van der Waals surface area (Å²) >= 11 is 3.48. The number of benzene rings is 1. The maximum absolute atomic E-state index is 11.1. The topological polar surface area (TPSA) is 59.6 Å². The van der Waals surface area contributed by atoms with Gasteiger partial charge < -0.3 is 20.1 Å².